The SMILES string of the molecule is CC(C)C1=CC=C(CC2=CC(=O)OC2=O)CC1. The van der Waals surface area contributed by atoms with Crippen molar-refractivity contribution in [2.45, 2.75) is 33.1 Å². The van der Waals surface area contributed by atoms with E-state index in [0.717, 1.165) is 12.8 Å². The summed E-state index contributed by atoms with van der Waals surface area (Å²) in [6, 6.07) is 0. The minimum Gasteiger partial charge on any atom is -0.386 e. The van der Waals surface area contributed by atoms with Gasteiger partial charge in [0.25, 0.3) is 0 Å². The summed E-state index contributed by atoms with van der Waals surface area (Å²) < 4.78 is 4.46. The maximum absolute atomic E-state index is 11.3. The summed E-state index contributed by atoms with van der Waals surface area (Å²) in [6.45, 7) is 4.36. The predicted octanol–water partition coefficient (Wildman–Crippen LogP) is 2.69. The molecule has 0 N–H and O–H groups in total. The van der Waals surface area contributed by atoms with E-state index in [9.17, 15) is 9.59 Å². The minimum absolute atomic E-state index is 0.475. The third-order valence-electron chi connectivity index (χ3n) is 3.17. The first-order valence-corrected chi connectivity index (χ1v) is 5.91. The molecule has 0 fully saturated rings. The number of allylic oxidation sites excluding steroid dienone is 4. The molecule has 0 unspecified atom stereocenters. The molecule has 0 saturated carbocycles. The monoisotopic (exact) mass is 232 g/mol. The Morgan fingerprint density at radius 3 is 2.47 bits per heavy atom. The largest absolute Gasteiger partial charge is 0.386 e. The summed E-state index contributed by atoms with van der Waals surface area (Å²) in [4.78, 5) is 22.2. The number of hydrogen-bond acceptors (Lipinski definition) is 3. The maximum atomic E-state index is 11.3. The van der Waals surface area contributed by atoms with Gasteiger partial charge in [-0.2, -0.15) is 0 Å². The van der Waals surface area contributed by atoms with E-state index in [0.29, 0.717) is 17.9 Å². The molecule has 3 nitrogen and oxygen atoms in total. The summed E-state index contributed by atoms with van der Waals surface area (Å²) in [5.74, 6) is -0.459. The fourth-order valence-corrected chi connectivity index (χ4v) is 2.08. The lowest BCUT2D eigenvalue weighted by atomic mass is 9.89. The summed E-state index contributed by atoms with van der Waals surface area (Å²) in [7, 11) is 0. The van der Waals surface area contributed by atoms with Gasteiger partial charge in [-0.1, -0.05) is 37.1 Å². The maximum Gasteiger partial charge on any atom is 0.342 e. The molecule has 0 atom stereocenters. The van der Waals surface area contributed by atoms with E-state index in [1.54, 1.807) is 0 Å². The molecule has 0 saturated heterocycles. The highest BCUT2D eigenvalue weighted by Crippen LogP contribution is 2.28. The lowest BCUT2D eigenvalue weighted by Crippen LogP contribution is -2.04. The lowest BCUT2D eigenvalue weighted by molar-refractivity contribution is -0.150. The number of ether oxygens (including phenoxy) is 1. The van der Waals surface area contributed by atoms with Crippen molar-refractivity contribution in [3.8, 4) is 0 Å². The van der Waals surface area contributed by atoms with Crippen molar-refractivity contribution in [1.82, 2.24) is 0 Å². The van der Waals surface area contributed by atoms with Crippen molar-refractivity contribution in [2.24, 2.45) is 5.92 Å². The van der Waals surface area contributed by atoms with Crippen molar-refractivity contribution < 1.29 is 14.3 Å². The second-order valence-corrected chi connectivity index (χ2v) is 4.78. The van der Waals surface area contributed by atoms with E-state index in [2.05, 4.69) is 30.7 Å². The molecular weight excluding hydrogens is 216 g/mol. The van der Waals surface area contributed by atoms with Crippen LogP contribution >= 0.6 is 0 Å². The molecule has 2 rings (SSSR count). The molecule has 0 aromatic carbocycles. The van der Waals surface area contributed by atoms with Crippen LogP contribution in [0.15, 0.2) is 34.9 Å². The molecule has 3 heteroatoms. The van der Waals surface area contributed by atoms with Crippen molar-refractivity contribution in [3.05, 3.63) is 34.9 Å². The van der Waals surface area contributed by atoms with Gasteiger partial charge in [0.15, 0.2) is 0 Å². The Kier molecular flexibility index (Phi) is 3.27. The first kappa shape index (κ1) is 11.8. The third-order valence-corrected chi connectivity index (χ3v) is 3.17. The Balaban J connectivity index is 2.05. The number of hydrogen-bond donors (Lipinski definition) is 0. The molecule has 1 aliphatic heterocycles. The van der Waals surface area contributed by atoms with E-state index < -0.39 is 11.9 Å². The van der Waals surface area contributed by atoms with Gasteiger partial charge in [0.1, 0.15) is 0 Å². The highest BCUT2D eigenvalue weighted by atomic mass is 16.6. The van der Waals surface area contributed by atoms with E-state index >= 15 is 0 Å². The second-order valence-electron chi connectivity index (χ2n) is 4.78. The molecule has 0 aromatic heterocycles. The van der Waals surface area contributed by atoms with Crippen LogP contribution in [0.5, 0.6) is 0 Å². The van der Waals surface area contributed by atoms with Crippen LogP contribution in [-0.4, -0.2) is 11.9 Å². The summed E-state index contributed by atoms with van der Waals surface area (Å²) in [6.07, 6.45) is 8.03. The molecule has 0 spiro atoms. The Morgan fingerprint density at radius 2 is 2.00 bits per heavy atom. The predicted molar refractivity (Wildman–Crippen MR) is 64.0 cm³/mol. The van der Waals surface area contributed by atoms with Gasteiger partial charge in [-0.3, -0.25) is 0 Å². The highest BCUT2D eigenvalue weighted by Gasteiger charge is 2.24. The summed E-state index contributed by atoms with van der Waals surface area (Å²) >= 11 is 0. The molecule has 0 aromatic rings. The molecule has 0 bridgehead atoms. The average molecular weight is 232 g/mol. The molecule has 0 radical (unpaired) electrons. The van der Waals surface area contributed by atoms with Gasteiger partial charge in [0.05, 0.1) is 0 Å². The number of carbonyl (C=O) groups is 2. The van der Waals surface area contributed by atoms with E-state index in [4.69, 9.17) is 0 Å². The molecule has 17 heavy (non-hydrogen) atoms. The fraction of sp³-hybridized carbons (Fsp3) is 0.429. The van der Waals surface area contributed by atoms with Crippen LogP contribution in [0, 0.1) is 5.92 Å². The Morgan fingerprint density at radius 1 is 1.24 bits per heavy atom. The van der Waals surface area contributed by atoms with Gasteiger partial charge in [-0.05, 0) is 18.8 Å². The second kappa shape index (κ2) is 4.70. The van der Waals surface area contributed by atoms with Crippen molar-refractivity contribution in [2.75, 3.05) is 0 Å². The highest BCUT2D eigenvalue weighted by molar-refractivity contribution is 6.09. The van der Waals surface area contributed by atoms with Crippen LogP contribution in [-0.2, 0) is 14.3 Å². The zero-order chi connectivity index (χ0) is 12.4. The summed E-state index contributed by atoms with van der Waals surface area (Å²) in [5, 5.41) is 0. The van der Waals surface area contributed by atoms with Crippen LogP contribution in [0.25, 0.3) is 0 Å². The lowest BCUT2D eigenvalue weighted by Gasteiger charge is -2.17. The average Bonchev–Trinajstić information content (AvgIpc) is 2.58. The molecule has 2 aliphatic rings. The topological polar surface area (TPSA) is 43.4 Å². The fourth-order valence-electron chi connectivity index (χ4n) is 2.08. The number of rotatable bonds is 3. The standard InChI is InChI=1S/C14H16O3/c1-9(2)11-5-3-10(4-6-11)7-12-8-13(15)17-14(12)16/h3,5,8-9H,4,6-7H2,1-2H3. The zero-order valence-corrected chi connectivity index (χ0v) is 10.2. The Hall–Kier alpha value is -1.64. The normalized spacial score (nSPS) is 20.1. The number of esters is 2. The quantitative estimate of drug-likeness (QED) is 0.555. The van der Waals surface area contributed by atoms with Gasteiger partial charge >= 0.3 is 11.9 Å². The van der Waals surface area contributed by atoms with Gasteiger partial charge in [-0.25, -0.2) is 9.59 Å². The van der Waals surface area contributed by atoms with Crippen molar-refractivity contribution in [1.29, 1.82) is 0 Å². The Bertz CT molecular complexity index is 450. The molecule has 1 aliphatic carbocycles. The van der Waals surface area contributed by atoms with Crippen LogP contribution in [0.2, 0.25) is 0 Å². The molecule has 0 amide bonds. The van der Waals surface area contributed by atoms with Gasteiger partial charge in [0.2, 0.25) is 0 Å². The van der Waals surface area contributed by atoms with Crippen molar-refractivity contribution in [3.63, 3.8) is 0 Å². The number of carbonyl (C=O) groups excluding carboxylic acids is 2. The number of cyclic esters (lactones) is 2. The zero-order valence-electron chi connectivity index (χ0n) is 10.2. The summed E-state index contributed by atoms with van der Waals surface area (Å²) in [5.41, 5.74) is 3.10. The van der Waals surface area contributed by atoms with Gasteiger partial charge in [0, 0.05) is 18.1 Å². The van der Waals surface area contributed by atoms with Gasteiger partial charge in [-0.15, -0.1) is 0 Å². The van der Waals surface area contributed by atoms with Crippen LogP contribution < -0.4 is 0 Å². The molecule has 1 heterocycles. The van der Waals surface area contributed by atoms with E-state index in [1.807, 2.05) is 0 Å². The Labute approximate surface area is 101 Å². The van der Waals surface area contributed by atoms with Crippen LogP contribution in [0.4, 0.5) is 0 Å². The molecular formula is C14H16O3. The molecule has 90 valence electrons. The van der Waals surface area contributed by atoms with E-state index in [-0.39, 0.29) is 0 Å². The third kappa shape index (κ3) is 2.73. The van der Waals surface area contributed by atoms with E-state index in [1.165, 1.54) is 17.2 Å². The minimum atomic E-state index is -0.542. The van der Waals surface area contributed by atoms with Crippen LogP contribution in [0.3, 0.4) is 0 Å². The van der Waals surface area contributed by atoms with Crippen LogP contribution in [0.1, 0.15) is 33.1 Å². The smallest absolute Gasteiger partial charge is 0.342 e. The van der Waals surface area contributed by atoms with Crippen molar-refractivity contribution >= 4 is 11.9 Å². The first-order valence-electron chi connectivity index (χ1n) is 5.91. The van der Waals surface area contributed by atoms with Gasteiger partial charge < -0.3 is 4.74 Å². The first-order chi connectivity index (χ1) is 8.06.